The van der Waals surface area contributed by atoms with Crippen LogP contribution in [0.2, 0.25) is 5.02 Å². The second kappa shape index (κ2) is 7.61. The van der Waals surface area contributed by atoms with Gasteiger partial charge in [0.1, 0.15) is 24.6 Å². The average Bonchev–Trinajstić information content (AvgIpc) is 3.23. The van der Waals surface area contributed by atoms with Gasteiger partial charge in [-0.25, -0.2) is 15.0 Å². The summed E-state index contributed by atoms with van der Waals surface area (Å²) in [5.41, 5.74) is 14.4. The van der Waals surface area contributed by atoms with Crippen LogP contribution in [0.15, 0.2) is 24.8 Å². The van der Waals surface area contributed by atoms with Crippen LogP contribution in [0.25, 0.3) is 11.2 Å². The highest BCUT2D eigenvalue weighted by Crippen LogP contribution is 2.32. The van der Waals surface area contributed by atoms with Crippen LogP contribution in [-0.2, 0) is 11.3 Å². The standard InChI is InChI=1S/C17H20ClN7O4/c18-7-1-9(19)8(10(20)2-7)3-21-15-12-16(23-5-22-15)25(6-24-12)17-14(28)13(27)11(4-26)29-17/h1-2,5-6,11,13-14,17,26-28H,3-4,19-20H2,(H,21,22,23)/t11-,13-,14-,17?/m1/s1. The zero-order valence-corrected chi connectivity index (χ0v) is 15.9. The van der Waals surface area contributed by atoms with Gasteiger partial charge in [0.2, 0.25) is 0 Å². The highest BCUT2D eigenvalue weighted by Gasteiger charge is 2.44. The molecule has 1 saturated heterocycles. The minimum Gasteiger partial charge on any atom is -0.398 e. The van der Waals surface area contributed by atoms with Crippen molar-refractivity contribution in [3.8, 4) is 0 Å². The molecule has 1 aliphatic rings. The van der Waals surface area contributed by atoms with Crippen molar-refractivity contribution in [1.82, 2.24) is 19.5 Å². The van der Waals surface area contributed by atoms with E-state index in [1.165, 1.54) is 17.2 Å². The molecule has 1 aromatic carbocycles. The summed E-state index contributed by atoms with van der Waals surface area (Å²) in [5.74, 6) is 0.425. The van der Waals surface area contributed by atoms with Gasteiger partial charge in [-0.1, -0.05) is 11.6 Å². The summed E-state index contributed by atoms with van der Waals surface area (Å²) in [6.45, 7) is -0.144. The molecule has 8 N–H and O–H groups in total. The van der Waals surface area contributed by atoms with Gasteiger partial charge in [0, 0.05) is 28.5 Å². The summed E-state index contributed by atoms with van der Waals surface area (Å²) in [5, 5.41) is 33.1. The Kier molecular flexibility index (Phi) is 5.15. The van der Waals surface area contributed by atoms with Crippen LogP contribution in [0.5, 0.6) is 0 Å². The number of nitrogens with zero attached hydrogens (tertiary/aromatic N) is 4. The number of fused-ring (bicyclic) bond motifs is 1. The molecule has 3 aromatic rings. The molecule has 0 aliphatic carbocycles. The van der Waals surface area contributed by atoms with E-state index in [4.69, 9.17) is 27.8 Å². The van der Waals surface area contributed by atoms with Crippen LogP contribution in [-0.4, -0.2) is 59.8 Å². The maximum absolute atomic E-state index is 10.3. The lowest BCUT2D eigenvalue weighted by Crippen LogP contribution is -2.33. The van der Waals surface area contributed by atoms with E-state index in [9.17, 15) is 15.3 Å². The van der Waals surface area contributed by atoms with Gasteiger partial charge in [-0.3, -0.25) is 4.57 Å². The number of aliphatic hydroxyl groups excluding tert-OH is 3. The van der Waals surface area contributed by atoms with Crippen LogP contribution in [0.3, 0.4) is 0 Å². The lowest BCUT2D eigenvalue weighted by atomic mass is 10.1. The van der Waals surface area contributed by atoms with Gasteiger partial charge < -0.3 is 36.8 Å². The fourth-order valence-electron chi connectivity index (χ4n) is 3.33. The van der Waals surface area contributed by atoms with Crippen LogP contribution in [0.1, 0.15) is 11.8 Å². The predicted octanol–water partition coefficient (Wildman–Crippen LogP) is -0.132. The predicted molar refractivity (Wildman–Crippen MR) is 106 cm³/mol. The first-order valence-corrected chi connectivity index (χ1v) is 9.15. The summed E-state index contributed by atoms with van der Waals surface area (Å²) < 4.78 is 7.03. The Labute approximate surface area is 169 Å². The lowest BCUT2D eigenvalue weighted by molar-refractivity contribution is -0.0511. The molecule has 0 amide bonds. The largest absolute Gasteiger partial charge is 0.398 e. The van der Waals surface area contributed by atoms with Gasteiger partial charge in [0.25, 0.3) is 0 Å². The summed E-state index contributed by atoms with van der Waals surface area (Å²) in [6.07, 6.45) is -1.56. The number of nitrogens with one attached hydrogen (secondary N) is 1. The Morgan fingerprint density at radius 3 is 2.52 bits per heavy atom. The van der Waals surface area contributed by atoms with Crippen LogP contribution in [0, 0.1) is 0 Å². The van der Waals surface area contributed by atoms with E-state index in [2.05, 4.69) is 20.3 Å². The number of hydrogen-bond donors (Lipinski definition) is 6. The minimum absolute atomic E-state index is 0.279. The number of hydrogen-bond acceptors (Lipinski definition) is 10. The van der Waals surface area contributed by atoms with E-state index in [0.29, 0.717) is 38.9 Å². The second-order valence-electron chi connectivity index (χ2n) is 6.69. The third-order valence-electron chi connectivity index (χ3n) is 4.87. The highest BCUT2D eigenvalue weighted by atomic mass is 35.5. The first-order chi connectivity index (χ1) is 13.9. The molecule has 4 rings (SSSR count). The zero-order chi connectivity index (χ0) is 20.7. The van der Waals surface area contributed by atoms with Crippen molar-refractivity contribution in [2.75, 3.05) is 23.4 Å². The molecule has 0 spiro atoms. The Morgan fingerprint density at radius 1 is 1.14 bits per heavy atom. The van der Waals surface area contributed by atoms with Crippen molar-refractivity contribution in [2.45, 2.75) is 31.1 Å². The number of ether oxygens (including phenoxy) is 1. The number of rotatable bonds is 5. The number of aromatic nitrogens is 4. The smallest absolute Gasteiger partial charge is 0.167 e. The van der Waals surface area contributed by atoms with Gasteiger partial charge in [-0.2, -0.15) is 0 Å². The molecule has 154 valence electrons. The quantitative estimate of drug-likeness (QED) is 0.304. The molecule has 0 bridgehead atoms. The topological polar surface area (TPSA) is 178 Å². The molecule has 0 saturated carbocycles. The summed E-state index contributed by atoms with van der Waals surface area (Å²) in [4.78, 5) is 12.7. The van der Waals surface area contributed by atoms with Crippen molar-refractivity contribution < 1.29 is 20.1 Å². The fourth-order valence-corrected chi connectivity index (χ4v) is 3.57. The molecule has 11 nitrogen and oxygen atoms in total. The van der Waals surface area contributed by atoms with E-state index in [-0.39, 0.29) is 6.54 Å². The Bertz CT molecular complexity index is 1020. The number of aliphatic hydroxyl groups is 3. The Hall–Kier alpha value is -2.70. The number of anilines is 3. The third-order valence-corrected chi connectivity index (χ3v) is 5.08. The maximum Gasteiger partial charge on any atom is 0.167 e. The van der Waals surface area contributed by atoms with Crippen molar-refractivity contribution in [3.05, 3.63) is 35.4 Å². The number of nitrogens with two attached hydrogens (primary N) is 2. The molecule has 4 atom stereocenters. The van der Waals surface area contributed by atoms with Crippen molar-refractivity contribution in [3.63, 3.8) is 0 Å². The van der Waals surface area contributed by atoms with Gasteiger partial charge in [-0.05, 0) is 12.1 Å². The van der Waals surface area contributed by atoms with Gasteiger partial charge in [0.15, 0.2) is 23.2 Å². The first-order valence-electron chi connectivity index (χ1n) is 8.78. The second-order valence-corrected chi connectivity index (χ2v) is 7.13. The number of benzene rings is 1. The van der Waals surface area contributed by atoms with Crippen molar-refractivity contribution in [2.24, 2.45) is 0 Å². The molecule has 0 radical (unpaired) electrons. The summed E-state index contributed by atoms with van der Waals surface area (Å²) >= 11 is 5.95. The molecule has 12 heteroatoms. The molecule has 2 aromatic heterocycles. The van der Waals surface area contributed by atoms with E-state index in [0.717, 1.165) is 0 Å². The normalized spacial score (nSPS) is 24.3. The minimum atomic E-state index is -1.25. The van der Waals surface area contributed by atoms with E-state index in [1.54, 1.807) is 12.1 Å². The highest BCUT2D eigenvalue weighted by molar-refractivity contribution is 6.31. The average molecular weight is 422 g/mol. The van der Waals surface area contributed by atoms with Crippen molar-refractivity contribution >= 4 is 40.0 Å². The van der Waals surface area contributed by atoms with E-state index in [1.807, 2.05) is 0 Å². The SMILES string of the molecule is Nc1cc(Cl)cc(N)c1CNc1ncnc2c1ncn2C1O[C@H](CO)[C@@H](O)[C@H]1O. The molecule has 1 unspecified atom stereocenters. The maximum atomic E-state index is 10.3. The molecule has 1 fully saturated rings. The molecule has 1 aliphatic heterocycles. The van der Waals surface area contributed by atoms with Crippen molar-refractivity contribution in [1.29, 1.82) is 0 Å². The first kappa shape index (κ1) is 19.6. The summed E-state index contributed by atoms with van der Waals surface area (Å²) in [6, 6.07) is 3.22. The lowest BCUT2D eigenvalue weighted by Gasteiger charge is -2.16. The van der Waals surface area contributed by atoms with Gasteiger partial charge >= 0.3 is 0 Å². The number of imidazole rings is 1. The molecule has 29 heavy (non-hydrogen) atoms. The third kappa shape index (κ3) is 3.43. The molecular formula is C17H20ClN7O4. The van der Waals surface area contributed by atoms with Gasteiger partial charge in [0.05, 0.1) is 12.9 Å². The fraction of sp³-hybridized carbons (Fsp3) is 0.353. The zero-order valence-electron chi connectivity index (χ0n) is 15.1. The van der Waals surface area contributed by atoms with Crippen LogP contribution < -0.4 is 16.8 Å². The molecule has 3 heterocycles. The van der Waals surface area contributed by atoms with E-state index < -0.39 is 31.1 Å². The number of halogens is 1. The monoisotopic (exact) mass is 421 g/mol. The van der Waals surface area contributed by atoms with E-state index >= 15 is 0 Å². The Morgan fingerprint density at radius 2 is 1.86 bits per heavy atom. The number of nitrogen functional groups attached to an aromatic ring is 2. The van der Waals surface area contributed by atoms with Gasteiger partial charge in [-0.15, -0.1) is 0 Å². The van der Waals surface area contributed by atoms with Crippen LogP contribution >= 0.6 is 11.6 Å². The summed E-state index contributed by atoms with van der Waals surface area (Å²) in [7, 11) is 0. The molecular weight excluding hydrogens is 402 g/mol. The Balaban J connectivity index is 1.62. The van der Waals surface area contributed by atoms with Crippen LogP contribution in [0.4, 0.5) is 17.2 Å².